The van der Waals surface area contributed by atoms with Crippen LogP contribution in [0, 0.1) is 0 Å². The highest BCUT2D eigenvalue weighted by molar-refractivity contribution is 7.47. The number of phosphoric acid groups is 1. The lowest BCUT2D eigenvalue weighted by molar-refractivity contribution is -0.711. The van der Waals surface area contributed by atoms with Gasteiger partial charge in [0.1, 0.15) is 16.5 Å². The van der Waals surface area contributed by atoms with Crippen molar-refractivity contribution in [2.45, 2.75) is 13.2 Å². The van der Waals surface area contributed by atoms with Crippen molar-refractivity contribution in [3.05, 3.63) is 70.5 Å². The molecule has 1 aromatic carbocycles. The Balaban J connectivity index is 1.44. The smallest absolute Gasteiger partial charge is 0.431 e. The largest absolute Gasteiger partial charge is 0.475 e. The number of hydrogen-bond donors (Lipinski definition) is 2. The average molecular weight is 510 g/mol. The van der Waals surface area contributed by atoms with E-state index < -0.39 is 7.82 Å². The lowest BCUT2D eigenvalue weighted by Crippen LogP contribution is -2.38. The Morgan fingerprint density at radius 2 is 2.09 bits per heavy atom. The summed E-state index contributed by atoms with van der Waals surface area (Å²) < 4.78 is 33.4. The normalized spacial score (nSPS) is 13.1. The highest BCUT2D eigenvalue weighted by atomic mass is 35.5. The molecule has 0 aliphatic heterocycles. The predicted octanol–water partition coefficient (Wildman–Crippen LogP) is 4.43. The van der Waals surface area contributed by atoms with Gasteiger partial charge in [-0.2, -0.15) is 4.98 Å². The van der Waals surface area contributed by atoms with Crippen LogP contribution in [0.2, 0.25) is 5.15 Å². The first kappa shape index (κ1) is 23.4. The second-order valence-electron chi connectivity index (χ2n) is 6.73. The van der Waals surface area contributed by atoms with E-state index in [4.69, 9.17) is 31.1 Å². The third-order valence-electron chi connectivity index (χ3n) is 4.50. The number of thiazole rings is 1. The number of anilines is 1. The van der Waals surface area contributed by atoms with Crippen molar-refractivity contribution >= 4 is 36.6 Å². The number of hydrogen-bond acceptors (Lipinski definition) is 9. The van der Waals surface area contributed by atoms with E-state index in [0.29, 0.717) is 39.5 Å². The standard InChI is InChI=1S/C20H18ClN4O6PS/c1-28-32(26,27)29-12-25-8-2-3-16(19(25)22)17-10-14(24-31-17)9-13-4-6-15(7-5-13)30-20-23-18(21)11-33-20/h2-8,10-11,22H,9,12H2,1H3,(H,26,27)/p+1. The molecule has 0 saturated carbocycles. The summed E-state index contributed by atoms with van der Waals surface area (Å²) >= 11 is 7.13. The van der Waals surface area contributed by atoms with Crippen molar-refractivity contribution in [3.63, 3.8) is 0 Å². The molecule has 0 aliphatic carbocycles. The van der Waals surface area contributed by atoms with E-state index in [1.165, 1.54) is 15.9 Å². The number of halogens is 1. The summed E-state index contributed by atoms with van der Waals surface area (Å²) in [6.45, 7) is -0.274. The van der Waals surface area contributed by atoms with Gasteiger partial charge in [-0.25, -0.2) is 13.7 Å². The minimum absolute atomic E-state index is 0.274. The van der Waals surface area contributed by atoms with Gasteiger partial charge < -0.3 is 14.2 Å². The van der Waals surface area contributed by atoms with Crippen LogP contribution in [0.5, 0.6) is 10.9 Å². The first-order chi connectivity index (χ1) is 15.8. The van der Waals surface area contributed by atoms with Gasteiger partial charge in [-0.15, -0.1) is 0 Å². The van der Waals surface area contributed by atoms with Crippen LogP contribution >= 0.6 is 30.8 Å². The molecule has 0 spiro atoms. The van der Waals surface area contributed by atoms with Gasteiger partial charge >= 0.3 is 7.82 Å². The molecule has 1 atom stereocenters. The zero-order valence-electron chi connectivity index (χ0n) is 17.3. The number of pyridine rings is 1. The minimum atomic E-state index is -4.13. The number of phosphoric ester groups is 1. The molecule has 3 N–H and O–H groups in total. The summed E-state index contributed by atoms with van der Waals surface area (Å²) in [5, 5.41) is 6.69. The fourth-order valence-electron chi connectivity index (χ4n) is 2.87. The maximum Gasteiger partial charge on any atom is 0.475 e. The maximum atomic E-state index is 11.5. The van der Waals surface area contributed by atoms with Crippen LogP contribution < -0.4 is 15.0 Å². The van der Waals surface area contributed by atoms with Gasteiger partial charge in [0.15, 0.2) is 5.76 Å². The van der Waals surface area contributed by atoms with Gasteiger partial charge in [-0.1, -0.05) is 40.2 Å². The molecule has 0 radical (unpaired) electrons. The van der Waals surface area contributed by atoms with Gasteiger partial charge in [0.25, 0.3) is 11.0 Å². The van der Waals surface area contributed by atoms with Crippen LogP contribution in [0.4, 0.5) is 5.82 Å². The Labute approximate surface area is 197 Å². The molecule has 0 fully saturated rings. The minimum Gasteiger partial charge on any atom is -0.431 e. The van der Waals surface area contributed by atoms with E-state index in [1.54, 1.807) is 29.8 Å². The van der Waals surface area contributed by atoms with Crippen molar-refractivity contribution in [3.8, 4) is 22.3 Å². The fraction of sp³-hybridized carbons (Fsp3) is 0.150. The molecule has 4 aromatic rings. The molecule has 0 amide bonds. The van der Waals surface area contributed by atoms with E-state index in [0.717, 1.165) is 12.7 Å². The Hall–Kier alpha value is -2.79. The first-order valence-electron chi connectivity index (χ1n) is 9.48. The van der Waals surface area contributed by atoms with Gasteiger partial charge in [-0.3, -0.25) is 10.3 Å². The summed E-state index contributed by atoms with van der Waals surface area (Å²) in [4.78, 5) is 13.5. The van der Waals surface area contributed by atoms with Crippen LogP contribution in [-0.4, -0.2) is 22.1 Å². The Bertz CT molecular complexity index is 1300. The number of benzene rings is 1. The van der Waals surface area contributed by atoms with Crippen molar-refractivity contribution in [2.24, 2.45) is 0 Å². The van der Waals surface area contributed by atoms with E-state index in [1.807, 2.05) is 24.3 Å². The molecule has 0 aliphatic rings. The third kappa shape index (κ3) is 5.97. The molecule has 0 saturated heterocycles. The van der Waals surface area contributed by atoms with E-state index in [9.17, 15) is 9.46 Å². The van der Waals surface area contributed by atoms with Crippen molar-refractivity contribution in [1.29, 1.82) is 0 Å². The maximum absolute atomic E-state index is 11.5. The molecule has 13 heteroatoms. The third-order valence-corrected chi connectivity index (χ3v) is 6.44. The SMILES string of the molecule is COP(=O)(O)OC[n+]1cccc(-c2cc(Cc3ccc(Oc4nc(Cl)cs4)cc3)no2)c1N. The van der Waals surface area contributed by atoms with E-state index >= 15 is 0 Å². The molecule has 4 rings (SSSR count). The molecule has 172 valence electrons. The predicted molar refractivity (Wildman–Crippen MR) is 121 cm³/mol. The molecular formula is C20H19ClN4O6PS+. The van der Waals surface area contributed by atoms with Crippen LogP contribution in [-0.2, 0) is 26.8 Å². The molecule has 1 unspecified atom stereocenters. The Morgan fingerprint density at radius 3 is 2.79 bits per heavy atom. The molecule has 33 heavy (non-hydrogen) atoms. The van der Waals surface area contributed by atoms with Crippen molar-refractivity contribution in [1.82, 2.24) is 10.1 Å². The first-order valence-corrected chi connectivity index (χ1v) is 12.2. The zero-order valence-corrected chi connectivity index (χ0v) is 19.7. The molecule has 3 aromatic heterocycles. The molecular weight excluding hydrogens is 491 g/mol. The summed E-state index contributed by atoms with van der Waals surface area (Å²) in [6, 6.07) is 12.8. The van der Waals surface area contributed by atoms with Crippen LogP contribution in [0.25, 0.3) is 11.3 Å². The summed E-state index contributed by atoms with van der Waals surface area (Å²) in [5.41, 5.74) is 8.46. The zero-order chi connectivity index (χ0) is 23.4. The number of aromatic nitrogens is 3. The van der Waals surface area contributed by atoms with Crippen LogP contribution in [0.1, 0.15) is 11.3 Å². The summed E-state index contributed by atoms with van der Waals surface area (Å²) in [6.07, 6.45) is 2.14. The number of rotatable bonds is 9. The van der Waals surface area contributed by atoms with Crippen LogP contribution in [0.15, 0.2) is 58.6 Å². The summed E-state index contributed by atoms with van der Waals surface area (Å²) in [7, 11) is -3.05. The lowest BCUT2D eigenvalue weighted by Gasteiger charge is -2.09. The average Bonchev–Trinajstić information content (AvgIpc) is 3.43. The molecule has 0 bridgehead atoms. The summed E-state index contributed by atoms with van der Waals surface area (Å²) in [5.74, 6) is 1.38. The van der Waals surface area contributed by atoms with Gasteiger partial charge in [0.2, 0.25) is 6.73 Å². The highest BCUT2D eigenvalue weighted by Gasteiger charge is 2.22. The number of nitrogens with zero attached hydrogens (tertiary/aromatic N) is 3. The quantitative estimate of drug-likeness (QED) is 0.248. The van der Waals surface area contributed by atoms with Gasteiger partial charge in [-0.05, 0) is 29.8 Å². The van der Waals surface area contributed by atoms with E-state index in [-0.39, 0.29) is 12.5 Å². The number of nitrogens with two attached hydrogens (primary N) is 1. The topological polar surface area (TPSA) is 134 Å². The number of nitrogen functional groups attached to an aromatic ring is 1. The number of ether oxygens (including phenoxy) is 1. The second kappa shape index (κ2) is 10.0. The molecule has 10 nitrogen and oxygen atoms in total. The lowest BCUT2D eigenvalue weighted by atomic mass is 10.1. The van der Waals surface area contributed by atoms with Crippen LogP contribution in [0.3, 0.4) is 0 Å². The van der Waals surface area contributed by atoms with Crippen molar-refractivity contribution < 1.29 is 32.3 Å². The Morgan fingerprint density at radius 1 is 1.30 bits per heavy atom. The monoisotopic (exact) mass is 509 g/mol. The Kier molecular flexibility index (Phi) is 7.08. The van der Waals surface area contributed by atoms with Crippen molar-refractivity contribution in [2.75, 3.05) is 12.8 Å². The van der Waals surface area contributed by atoms with E-state index in [2.05, 4.69) is 14.7 Å². The second-order valence-corrected chi connectivity index (χ2v) is 9.50. The molecule has 3 heterocycles. The highest BCUT2D eigenvalue weighted by Crippen LogP contribution is 2.41. The fourth-order valence-corrected chi connectivity index (χ4v) is 4.05. The van der Waals surface area contributed by atoms with Gasteiger partial charge in [0, 0.05) is 25.0 Å². The van der Waals surface area contributed by atoms with Gasteiger partial charge in [0.05, 0.1) is 11.9 Å².